The zero-order valence-electron chi connectivity index (χ0n) is 14.0. The number of alkyl halides is 6. The van der Waals surface area contributed by atoms with E-state index < -0.39 is 37.2 Å². The lowest BCUT2D eigenvalue weighted by Crippen LogP contribution is -2.33. The second-order valence-electron chi connectivity index (χ2n) is 5.30. The van der Waals surface area contributed by atoms with Crippen LogP contribution in [0.2, 0.25) is 0 Å². The standard InChI is InChI=1S/C15H18F6N2O3/c1-22-5-6-23(2)13(24)11-7-10(25-8-14(16,17)18)3-4-12(11)26-9-15(19,20)21/h3-4,7,22H,5-6,8-9H2,1-2H3. The van der Waals surface area contributed by atoms with Crippen LogP contribution in [0.4, 0.5) is 26.3 Å². The summed E-state index contributed by atoms with van der Waals surface area (Å²) >= 11 is 0. The molecule has 148 valence electrons. The molecule has 0 atom stereocenters. The van der Waals surface area contributed by atoms with Gasteiger partial charge in [0.05, 0.1) is 5.56 Å². The van der Waals surface area contributed by atoms with Crippen molar-refractivity contribution in [3.05, 3.63) is 23.8 Å². The van der Waals surface area contributed by atoms with Crippen LogP contribution in [0.1, 0.15) is 10.4 Å². The van der Waals surface area contributed by atoms with Gasteiger partial charge in [0, 0.05) is 20.1 Å². The Bertz CT molecular complexity index is 604. The third-order valence-corrected chi connectivity index (χ3v) is 3.02. The highest BCUT2D eigenvalue weighted by Crippen LogP contribution is 2.28. The number of amides is 1. The van der Waals surface area contributed by atoms with E-state index in [-0.39, 0.29) is 17.9 Å². The van der Waals surface area contributed by atoms with Gasteiger partial charge in [-0.05, 0) is 25.2 Å². The molecule has 0 aliphatic rings. The van der Waals surface area contributed by atoms with Crippen molar-refractivity contribution in [3.63, 3.8) is 0 Å². The minimum Gasteiger partial charge on any atom is -0.484 e. The molecule has 0 bridgehead atoms. The quantitative estimate of drug-likeness (QED) is 0.696. The van der Waals surface area contributed by atoms with Crippen LogP contribution in [-0.4, -0.2) is 63.6 Å². The van der Waals surface area contributed by atoms with Crippen LogP contribution in [0.5, 0.6) is 11.5 Å². The smallest absolute Gasteiger partial charge is 0.422 e. The van der Waals surface area contributed by atoms with Crippen molar-refractivity contribution in [2.75, 3.05) is 40.4 Å². The average Bonchev–Trinajstić information content (AvgIpc) is 2.54. The molecule has 0 heterocycles. The number of carbonyl (C=O) groups excluding carboxylic acids is 1. The van der Waals surface area contributed by atoms with Gasteiger partial charge in [0.2, 0.25) is 0 Å². The second-order valence-corrected chi connectivity index (χ2v) is 5.30. The topological polar surface area (TPSA) is 50.8 Å². The van der Waals surface area contributed by atoms with E-state index in [1.54, 1.807) is 7.05 Å². The molecule has 0 saturated heterocycles. The summed E-state index contributed by atoms with van der Waals surface area (Å²) < 4.78 is 82.9. The van der Waals surface area contributed by atoms with Crippen molar-refractivity contribution in [3.8, 4) is 11.5 Å². The normalized spacial score (nSPS) is 12.0. The number of ether oxygens (including phenoxy) is 2. The Morgan fingerprint density at radius 1 is 1.08 bits per heavy atom. The van der Waals surface area contributed by atoms with Crippen LogP contribution < -0.4 is 14.8 Å². The molecule has 0 saturated carbocycles. The van der Waals surface area contributed by atoms with Gasteiger partial charge >= 0.3 is 12.4 Å². The molecule has 0 spiro atoms. The van der Waals surface area contributed by atoms with Gasteiger partial charge in [0.25, 0.3) is 5.91 Å². The maximum Gasteiger partial charge on any atom is 0.422 e. The second kappa shape index (κ2) is 8.97. The maximum atomic E-state index is 12.4. The molecule has 1 N–H and O–H groups in total. The number of carbonyl (C=O) groups is 1. The van der Waals surface area contributed by atoms with Gasteiger partial charge in [-0.15, -0.1) is 0 Å². The van der Waals surface area contributed by atoms with Crippen molar-refractivity contribution in [1.29, 1.82) is 0 Å². The summed E-state index contributed by atoms with van der Waals surface area (Å²) in [4.78, 5) is 13.6. The van der Waals surface area contributed by atoms with Crippen molar-refractivity contribution in [2.24, 2.45) is 0 Å². The van der Waals surface area contributed by atoms with Crippen molar-refractivity contribution in [2.45, 2.75) is 12.4 Å². The molecule has 1 aromatic rings. The molecule has 0 aliphatic carbocycles. The first-order chi connectivity index (χ1) is 11.9. The molecule has 26 heavy (non-hydrogen) atoms. The predicted octanol–water partition coefficient (Wildman–Crippen LogP) is 2.86. The average molecular weight is 388 g/mol. The van der Waals surface area contributed by atoms with Crippen LogP contribution in [0.3, 0.4) is 0 Å². The largest absolute Gasteiger partial charge is 0.484 e. The van der Waals surface area contributed by atoms with E-state index in [4.69, 9.17) is 0 Å². The van der Waals surface area contributed by atoms with Gasteiger partial charge in [-0.25, -0.2) is 0 Å². The SMILES string of the molecule is CNCCN(C)C(=O)c1cc(OCC(F)(F)F)ccc1OCC(F)(F)F. The number of halogens is 6. The molecule has 1 aromatic carbocycles. The number of nitrogens with one attached hydrogen (secondary N) is 1. The summed E-state index contributed by atoms with van der Waals surface area (Å²) in [6.45, 7) is -2.61. The van der Waals surface area contributed by atoms with Crippen LogP contribution in [0, 0.1) is 0 Å². The molecule has 11 heteroatoms. The first kappa shape index (κ1) is 21.9. The van der Waals surface area contributed by atoms with Crippen molar-refractivity contribution < 1.29 is 40.6 Å². The van der Waals surface area contributed by atoms with Gasteiger partial charge in [-0.2, -0.15) is 26.3 Å². The fourth-order valence-electron chi connectivity index (χ4n) is 1.80. The highest BCUT2D eigenvalue weighted by atomic mass is 19.4. The fourth-order valence-corrected chi connectivity index (χ4v) is 1.80. The summed E-state index contributed by atoms with van der Waals surface area (Å²) in [6, 6.07) is 2.90. The lowest BCUT2D eigenvalue weighted by atomic mass is 10.1. The van der Waals surface area contributed by atoms with Crippen LogP contribution >= 0.6 is 0 Å². The summed E-state index contributed by atoms with van der Waals surface area (Å²) in [5.74, 6) is -1.43. The third kappa shape index (κ3) is 7.81. The minimum atomic E-state index is -4.64. The summed E-state index contributed by atoms with van der Waals surface area (Å²) in [5, 5.41) is 2.79. The van der Waals surface area contributed by atoms with E-state index in [2.05, 4.69) is 14.8 Å². The lowest BCUT2D eigenvalue weighted by Gasteiger charge is -2.20. The molecule has 0 unspecified atom stereocenters. The van der Waals surface area contributed by atoms with Gasteiger partial charge in [-0.3, -0.25) is 4.79 Å². The zero-order valence-corrected chi connectivity index (χ0v) is 14.0. The van der Waals surface area contributed by atoms with E-state index >= 15 is 0 Å². The fraction of sp³-hybridized carbons (Fsp3) is 0.533. The Morgan fingerprint density at radius 3 is 2.19 bits per heavy atom. The first-order valence-corrected chi connectivity index (χ1v) is 7.36. The maximum absolute atomic E-state index is 12.4. The number of likely N-dealkylation sites (N-methyl/N-ethyl adjacent to an activating group) is 2. The molecule has 5 nitrogen and oxygen atoms in total. The molecule has 0 aromatic heterocycles. The Kier molecular flexibility index (Phi) is 7.54. The molecule has 0 radical (unpaired) electrons. The minimum absolute atomic E-state index is 0.224. The number of benzene rings is 1. The van der Waals surface area contributed by atoms with Crippen LogP contribution in [0.15, 0.2) is 18.2 Å². The van der Waals surface area contributed by atoms with E-state index in [0.29, 0.717) is 6.54 Å². The number of nitrogens with zero attached hydrogens (tertiary/aromatic N) is 1. The zero-order chi connectivity index (χ0) is 20.0. The summed E-state index contributed by atoms with van der Waals surface area (Å²) in [6.07, 6.45) is -9.23. The molecule has 1 amide bonds. The highest BCUT2D eigenvalue weighted by Gasteiger charge is 2.31. The van der Waals surface area contributed by atoms with Crippen molar-refractivity contribution in [1.82, 2.24) is 10.2 Å². The Morgan fingerprint density at radius 2 is 1.65 bits per heavy atom. The van der Waals surface area contributed by atoms with Gasteiger partial charge < -0.3 is 19.7 Å². The van der Waals surface area contributed by atoms with Crippen LogP contribution in [0.25, 0.3) is 0 Å². The number of hydrogen-bond acceptors (Lipinski definition) is 4. The van der Waals surface area contributed by atoms with E-state index in [1.165, 1.54) is 11.9 Å². The van der Waals surface area contributed by atoms with Gasteiger partial charge in [-0.1, -0.05) is 0 Å². The molecule has 0 aliphatic heterocycles. The lowest BCUT2D eigenvalue weighted by molar-refractivity contribution is -0.154. The third-order valence-electron chi connectivity index (χ3n) is 3.02. The molecular formula is C15H18F6N2O3. The number of hydrogen-bond donors (Lipinski definition) is 1. The number of rotatable bonds is 8. The van der Waals surface area contributed by atoms with Gasteiger partial charge in [0.1, 0.15) is 11.5 Å². The highest BCUT2D eigenvalue weighted by molar-refractivity contribution is 5.97. The molecular weight excluding hydrogens is 370 g/mol. The Hall–Kier alpha value is -2.17. The van der Waals surface area contributed by atoms with E-state index in [9.17, 15) is 31.1 Å². The predicted molar refractivity (Wildman–Crippen MR) is 80.4 cm³/mol. The monoisotopic (exact) mass is 388 g/mol. The van der Waals surface area contributed by atoms with Crippen LogP contribution in [-0.2, 0) is 0 Å². The molecule has 1 rings (SSSR count). The summed E-state index contributed by atoms with van der Waals surface area (Å²) in [5.41, 5.74) is -0.326. The van der Waals surface area contributed by atoms with E-state index in [1.807, 2.05) is 0 Å². The summed E-state index contributed by atoms with van der Waals surface area (Å²) in [7, 11) is 3.04. The van der Waals surface area contributed by atoms with Crippen molar-refractivity contribution >= 4 is 5.91 Å². The Labute approximate surface area is 145 Å². The van der Waals surface area contributed by atoms with Gasteiger partial charge in [0.15, 0.2) is 13.2 Å². The molecule has 0 fully saturated rings. The van der Waals surface area contributed by atoms with E-state index in [0.717, 1.165) is 18.2 Å². The first-order valence-electron chi connectivity index (χ1n) is 7.36. The Balaban J connectivity index is 3.06.